The first-order chi connectivity index (χ1) is 8.19. The Labute approximate surface area is 109 Å². The number of halogens is 1. The Morgan fingerprint density at radius 2 is 2.29 bits per heavy atom. The Bertz CT molecular complexity index is 496. The van der Waals surface area contributed by atoms with Crippen LogP contribution in [0.4, 0.5) is 0 Å². The van der Waals surface area contributed by atoms with Gasteiger partial charge in [0.15, 0.2) is 5.89 Å². The number of benzene rings is 1. The lowest BCUT2D eigenvalue weighted by molar-refractivity contribution is 0.271. The highest BCUT2D eigenvalue weighted by atomic mass is 79.9. The van der Waals surface area contributed by atoms with Gasteiger partial charge in [0.05, 0.1) is 12.3 Å². The molecule has 17 heavy (non-hydrogen) atoms. The maximum Gasteiger partial charge on any atom is 0.198 e. The van der Waals surface area contributed by atoms with E-state index in [1.54, 1.807) is 6.26 Å². The number of hydrogen-bond donors (Lipinski definition) is 1. The average Bonchev–Trinajstić information content (AvgIpc) is 2.76. The van der Waals surface area contributed by atoms with Gasteiger partial charge in [-0.15, -0.1) is 0 Å². The number of aliphatic hydroxyl groups excluding tert-OH is 1. The van der Waals surface area contributed by atoms with E-state index in [9.17, 15) is 0 Å². The van der Waals surface area contributed by atoms with E-state index < -0.39 is 0 Å². The number of aromatic nitrogens is 1. The standard InChI is InChI=1S/C13H14BrNO2/c1-9(7-16)12-8-17-13(15-12)6-10-3-2-4-11(14)5-10/h2-5,8-9,16H,6-7H2,1H3. The second kappa shape index (κ2) is 5.47. The Morgan fingerprint density at radius 3 is 3.00 bits per heavy atom. The molecular weight excluding hydrogens is 282 g/mol. The molecule has 1 atom stereocenters. The molecule has 0 spiro atoms. The summed E-state index contributed by atoms with van der Waals surface area (Å²) >= 11 is 3.43. The van der Waals surface area contributed by atoms with Gasteiger partial charge in [0, 0.05) is 16.8 Å². The second-order valence-electron chi connectivity index (χ2n) is 4.06. The Morgan fingerprint density at radius 1 is 1.47 bits per heavy atom. The van der Waals surface area contributed by atoms with Crippen LogP contribution < -0.4 is 0 Å². The molecule has 0 bridgehead atoms. The van der Waals surface area contributed by atoms with E-state index in [-0.39, 0.29) is 12.5 Å². The van der Waals surface area contributed by atoms with Crippen LogP contribution in [-0.4, -0.2) is 16.7 Å². The van der Waals surface area contributed by atoms with Crippen molar-refractivity contribution in [2.75, 3.05) is 6.61 Å². The van der Waals surface area contributed by atoms with Gasteiger partial charge >= 0.3 is 0 Å². The highest BCUT2D eigenvalue weighted by Gasteiger charge is 2.10. The summed E-state index contributed by atoms with van der Waals surface area (Å²) < 4.78 is 6.44. The van der Waals surface area contributed by atoms with E-state index >= 15 is 0 Å². The molecule has 2 aromatic rings. The van der Waals surface area contributed by atoms with Crippen molar-refractivity contribution in [3.8, 4) is 0 Å². The summed E-state index contributed by atoms with van der Waals surface area (Å²) in [4.78, 5) is 4.36. The number of hydrogen-bond acceptors (Lipinski definition) is 3. The fraction of sp³-hybridized carbons (Fsp3) is 0.308. The van der Waals surface area contributed by atoms with Crippen LogP contribution in [-0.2, 0) is 6.42 Å². The smallest absolute Gasteiger partial charge is 0.198 e. The van der Waals surface area contributed by atoms with E-state index in [1.807, 2.05) is 31.2 Å². The highest BCUT2D eigenvalue weighted by Crippen LogP contribution is 2.18. The topological polar surface area (TPSA) is 46.3 Å². The van der Waals surface area contributed by atoms with Gasteiger partial charge in [-0.3, -0.25) is 0 Å². The quantitative estimate of drug-likeness (QED) is 0.943. The number of oxazole rings is 1. The van der Waals surface area contributed by atoms with Gasteiger partial charge in [-0.1, -0.05) is 35.0 Å². The molecule has 1 heterocycles. The summed E-state index contributed by atoms with van der Waals surface area (Å²) in [5.41, 5.74) is 1.95. The molecule has 3 nitrogen and oxygen atoms in total. The molecule has 2 rings (SSSR count). The van der Waals surface area contributed by atoms with Crippen molar-refractivity contribution in [2.45, 2.75) is 19.3 Å². The summed E-state index contributed by atoms with van der Waals surface area (Å²) in [7, 11) is 0. The monoisotopic (exact) mass is 295 g/mol. The molecule has 1 N–H and O–H groups in total. The predicted molar refractivity (Wildman–Crippen MR) is 69.0 cm³/mol. The summed E-state index contributed by atoms with van der Waals surface area (Å²) in [6.45, 7) is 2.00. The molecule has 0 aliphatic heterocycles. The zero-order valence-corrected chi connectivity index (χ0v) is 11.1. The minimum absolute atomic E-state index is 0.0232. The summed E-state index contributed by atoms with van der Waals surface area (Å²) in [6, 6.07) is 8.04. The molecular formula is C13H14BrNO2. The van der Waals surface area contributed by atoms with E-state index in [0.29, 0.717) is 12.3 Å². The van der Waals surface area contributed by atoms with E-state index in [4.69, 9.17) is 9.52 Å². The minimum Gasteiger partial charge on any atom is -0.448 e. The number of rotatable bonds is 4. The molecule has 0 saturated carbocycles. The van der Waals surface area contributed by atoms with Crippen molar-refractivity contribution in [3.63, 3.8) is 0 Å². The zero-order valence-electron chi connectivity index (χ0n) is 9.56. The Kier molecular flexibility index (Phi) is 3.97. The third kappa shape index (κ3) is 3.17. The van der Waals surface area contributed by atoms with Gasteiger partial charge in [0.25, 0.3) is 0 Å². The Hall–Kier alpha value is -1.13. The van der Waals surface area contributed by atoms with Gasteiger partial charge in [0.2, 0.25) is 0 Å². The Balaban J connectivity index is 2.11. The van der Waals surface area contributed by atoms with E-state index in [0.717, 1.165) is 15.7 Å². The third-order valence-electron chi connectivity index (χ3n) is 2.59. The molecule has 90 valence electrons. The normalized spacial score (nSPS) is 12.6. The summed E-state index contributed by atoms with van der Waals surface area (Å²) in [5.74, 6) is 0.702. The van der Waals surface area contributed by atoms with E-state index in [1.165, 1.54) is 0 Å². The van der Waals surface area contributed by atoms with Crippen LogP contribution in [0.15, 0.2) is 39.4 Å². The van der Waals surface area contributed by atoms with Gasteiger partial charge in [-0.25, -0.2) is 4.98 Å². The maximum absolute atomic E-state index is 9.04. The number of nitrogens with zero attached hydrogens (tertiary/aromatic N) is 1. The molecule has 4 heteroatoms. The SMILES string of the molecule is CC(CO)c1coc(Cc2cccc(Br)c2)n1. The molecule has 0 saturated heterocycles. The summed E-state index contributed by atoms with van der Waals surface area (Å²) in [5, 5.41) is 9.04. The molecule has 0 aliphatic rings. The predicted octanol–water partition coefficient (Wildman–Crippen LogP) is 3.12. The van der Waals surface area contributed by atoms with Crippen molar-refractivity contribution >= 4 is 15.9 Å². The molecule has 0 fully saturated rings. The zero-order chi connectivity index (χ0) is 12.3. The van der Waals surface area contributed by atoms with Crippen molar-refractivity contribution < 1.29 is 9.52 Å². The van der Waals surface area contributed by atoms with Gasteiger partial charge in [-0.05, 0) is 17.7 Å². The second-order valence-corrected chi connectivity index (χ2v) is 4.97. The molecule has 1 unspecified atom stereocenters. The van der Waals surface area contributed by atoms with Crippen LogP contribution in [0.2, 0.25) is 0 Å². The molecule has 1 aromatic carbocycles. The largest absolute Gasteiger partial charge is 0.448 e. The summed E-state index contributed by atoms with van der Waals surface area (Å²) in [6.07, 6.45) is 2.28. The third-order valence-corrected chi connectivity index (χ3v) is 3.09. The lowest BCUT2D eigenvalue weighted by Gasteiger charge is -2.00. The molecule has 1 aromatic heterocycles. The number of aliphatic hydroxyl groups is 1. The molecule has 0 aliphatic carbocycles. The maximum atomic E-state index is 9.04. The first-order valence-corrected chi connectivity index (χ1v) is 6.28. The van der Waals surface area contributed by atoms with Crippen LogP contribution in [0.3, 0.4) is 0 Å². The minimum atomic E-state index is 0.0232. The average molecular weight is 296 g/mol. The highest BCUT2D eigenvalue weighted by molar-refractivity contribution is 9.10. The van der Waals surface area contributed by atoms with E-state index in [2.05, 4.69) is 20.9 Å². The van der Waals surface area contributed by atoms with Crippen molar-refractivity contribution in [3.05, 3.63) is 52.1 Å². The van der Waals surface area contributed by atoms with Crippen LogP contribution >= 0.6 is 15.9 Å². The van der Waals surface area contributed by atoms with Crippen molar-refractivity contribution in [1.82, 2.24) is 4.98 Å². The van der Waals surface area contributed by atoms with Crippen LogP contribution in [0.1, 0.15) is 30.0 Å². The lowest BCUT2D eigenvalue weighted by atomic mass is 10.1. The lowest BCUT2D eigenvalue weighted by Crippen LogP contribution is -1.99. The van der Waals surface area contributed by atoms with Crippen LogP contribution in [0, 0.1) is 0 Å². The van der Waals surface area contributed by atoms with Crippen LogP contribution in [0.25, 0.3) is 0 Å². The van der Waals surface area contributed by atoms with Crippen molar-refractivity contribution in [2.24, 2.45) is 0 Å². The fourth-order valence-electron chi connectivity index (χ4n) is 1.55. The molecule has 0 amide bonds. The van der Waals surface area contributed by atoms with Gasteiger partial charge in [-0.2, -0.15) is 0 Å². The van der Waals surface area contributed by atoms with Gasteiger partial charge < -0.3 is 9.52 Å². The van der Waals surface area contributed by atoms with Crippen LogP contribution in [0.5, 0.6) is 0 Å². The first kappa shape index (κ1) is 12.3. The molecule has 0 radical (unpaired) electrons. The fourth-order valence-corrected chi connectivity index (χ4v) is 1.99. The first-order valence-electron chi connectivity index (χ1n) is 5.48. The van der Waals surface area contributed by atoms with Crippen molar-refractivity contribution in [1.29, 1.82) is 0 Å². The van der Waals surface area contributed by atoms with Gasteiger partial charge in [0.1, 0.15) is 6.26 Å².